The molecule has 3 rings (SSSR count). The molecule has 0 aromatic carbocycles. The molecule has 0 aliphatic heterocycles. The molecule has 0 aliphatic rings. The van der Waals surface area contributed by atoms with Crippen LogP contribution >= 0.6 is 23.1 Å². The van der Waals surface area contributed by atoms with Crippen molar-refractivity contribution in [2.45, 2.75) is 6.18 Å². The van der Waals surface area contributed by atoms with E-state index < -0.39 is 11.1 Å². The number of fused-ring (bicyclic) bond motifs is 1. The topological polar surface area (TPSA) is 67.3 Å². The quantitative estimate of drug-likeness (QED) is 0.742. The molecular weight excluding hydrogens is 275 g/mol. The van der Waals surface area contributed by atoms with Crippen LogP contribution in [-0.2, 0) is 6.18 Å². The lowest BCUT2D eigenvalue weighted by Crippen LogP contribution is -2.03. The first-order valence-corrected chi connectivity index (χ1v) is 5.81. The molecule has 3 aromatic rings. The van der Waals surface area contributed by atoms with E-state index in [0.29, 0.717) is 27.4 Å². The van der Waals surface area contributed by atoms with Crippen LogP contribution in [0.15, 0.2) is 6.20 Å². The van der Waals surface area contributed by atoms with Gasteiger partial charge in [-0.25, -0.2) is 0 Å². The number of nitrogens with one attached hydrogen (secondary N) is 1. The zero-order chi connectivity index (χ0) is 12.0. The summed E-state index contributed by atoms with van der Waals surface area (Å²) in [5, 5.41) is 7.26. The number of rotatable bonds is 1. The zero-order valence-corrected chi connectivity index (χ0v) is 9.45. The van der Waals surface area contributed by atoms with Crippen molar-refractivity contribution >= 4 is 33.4 Å². The molecule has 0 saturated heterocycles. The third-order valence-corrected chi connectivity index (χ3v) is 3.62. The highest BCUT2D eigenvalue weighted by Gasteiger charge is 2.38. The fourth-order valence-electron chi connectivity index (χ4n) is 1.40. The van der Waals surface area contributed by atoms with E-state index in [2.05, 4.69) is 24.2 Å². The molecule has 1 N–H and O–H groups in total. The Kier molecular flexibility index (Phi) is 2.16. The normalized spacial score (nSPS) is 12.4. The van der Waals surface area contributed by atoms with Gasteiger partial charge in [0.25, 0.3) is 0 Å². The maximum Gasteiger partial charge on any atom is 0.429 e. The van der Waals surface area contributed by atoms with Crippen LogP contribution < -0.4 is 0 Å². The van der Waals surface area contributed by atoms with Crippen molar-refractivity contribution in [3.8, 4) is 11.3 Å². The molecule has 0 aliphatic carbocycles. The number of halogens is 3. The Balaban J connectivity index is 2.24. The molecule has 5 nitrogen and oxygen atoms in total. The van der Waals surface area contributed by atoms with Crippen LogP contribution in [0.25, 0.3) is 21.6 Å². The molecule has 3 heterocycles. The van der Waals surface area contributed by atoms with Crippen LogP contribution in [0.4, 0.5) is 13.2 Å². The first-order valence-electron chi connectivity index (χ1n) is 4.26. The van der Waals surface area contributed by atoms with Crippen LogP contribution in [0.5, 0.6) is 0 Å². The summed E-state index contributed by atoms with van der Waals surface area (Å²) >= 11 is 1.35. The van der Waals surface area contributed by atoms with Crippen LogP contribution in [0.1, 0.15) is 4.88 Å². The van der Waals surface area contributed by atoms with Crippen LogP contribution in [0.3, 0.4) is 0 Å². The van der Waals surface area contributed by atoms with Crippen molar-refractivity contribution in [1.29, 1.82) is 0 Å². The number of aromatic nitrogens is 5. The molecule has 0 saturated carbocycles. The van der Waals surface area contributed by atoms with Gasteiger partial charge in [-0.3, -0.25) is 0 Å². The summed E-state index contributed by atoms with van der Waals surface area (Å²) in [6, 6.07) is 0. The van der Waals surface area contributed by atoms with Crippen molar-refractivity contribution in [2.75, 3.05) is 0 Å². The maximum atomic E-state index is 12.7. The maximum absolute atomic E-state index is 12.7. The molecule has 0 amide bonds. The van der Waals surface area contributed by atoms with Crippen molar-refractivity contribution in [3.05, 3.63) is 11.1 Å². The second-order valence-corrected chi connectivity index (χ2v) is 4.61. The third kappa shape index (κ3) is 1.60. The monoisotopic (exact) mass is 277 g/mol. The van der Waals surface area contributed by atoms with Crippen LogP contribution in [0.2, 0.25) is 0 Å². The SMILES string of the molecule is FC(F)(F)c1snnc1-c1c[nH]c2nnsc12. The van der Waals surface area contributed by atoms with Crippen molar-refractivity contribution < 1.29 is 13.2 Å². The molecule has 10 heteroatoms. The van der Waals surface area contributed by atoms with Gasteiger partial charge in [-0.1, -0.05) is 8.98 Å². The summed E-state index contributed by atoms with van der Waals surface area (Å²) in [5.41, 5.74) is 0.599. The third-order valence-electron chi connectivity index (χ3n) is 2.09. The second kappa shape index (κ2) is 3.47. The second-order valence-electron chi connectivity index (χ2n) is 3.10. The Hall–Kier alpha value is -1.55. The van der Waals surface area contributed by atoms with Gasteiger partial charge in [0.05, 0.1) is 0 Å². The molecule has 3 aromatic heterocycles. The van der Waals surface area contributed by atoms with E-state index in [0.717, 1.165) is 11.5 Å². The van der Waals surface area contributed by atoms with Gasteiger partial charge >= 0.3 is 6.18 Å². The minimum Gasteiger partial charge on any atom is -0.343 e. The predicted molar refractivity (Wildman–Crippen MR) is 55.7 cm³/mol. The summed E-state index contributed by atoms with van der Waals surface area (Å²) in [6.45, 7) is 0. The van der Waals surface area contributed by atoms with Gasteiger partial charge in [-0.05, 0) is 23.1 Å². The molecule has 0 bridgehead atoms. The average Bonchev–Trinajstić information content (AvgIpc) is 2.90. The van der Waals surface area contributed by atoms with Crippen LogP contribution in [0, 0.1) is 0 Å². The molecule has 0 unspecified atom stereocenters. The average molecular weight is 277 g/mol. The number of H-pyrrole nitrogens is 1. The van der Waals surface area contributed by atoms with Gasteiger partial charge in [0.1, 0.15) is 10.4 Å². The van der Waals surface area contributed by atoms with E-state index >= 15 is 0 Å². The van der Waals surface area contributed by atoms with Gasteiger partial charge in [0.2, 0.25) is 0 Å². The molecule has 0 atom stereocenters. The molecular formula is C7H2F3N5S2. The lowest BCUT2D eigenvalue weighted by Gasteiger charge is -2.03. The molecule has 88 valence electrons. The highest BCUT2D eigenvalue weighted by atomic mass is 32.1. The molecule has 0 radical (unpaired) electrons. The van der Waals surface area contributed by atoms with E-state index in [-0.39, 0.29) is 5.69 Å². The fraction of sp³-hybridized carbons (Fsp3) is 0.143. The van der Waals surface area contributed by atoms with Gasteiger partial charge in [0, 0.05) is 11.8 Å². The first kappa shape index (κ1) is 10.6. The summed E-state index contributed by atoms with van der Waals surface area (Å²) in [7, 11) is 0. The predicted octanol–water partition coefficient (Wildman–Crippen LogP) is 2.56. The number of nitrogens with zero attached hydrogens (tertiary/aromatic N) is 4. The van der Waals surface area contributed by atoms with Crippen molar-refractivity contribution in [3.63, 3.8) is 0 Å². The first-order chi connectivity index (χ1) is 8.07. The Bertz CT molecular complexity index is 666. The largest absolute Gasteiger partial charge is 0.429 e. The van der Waals surface area contributed by atoms with Crippen molar-refractivity contribution in [2.24, 2.45) is 0 Å². The Morgan fingerprint density at radius 1 is 1.12 bits per heavy atom. The number of hydrogen-bond donors (Lipinski definition) is 1. The summed E-state index contributed by atoms with van der Waals surface area (Å²) in [6.07, 6.45) is -3.02. The van der Waals surface area contributed by atoms with E-state index in [1.807, 2.05) is 0 Å². The van der Waals surface area contributed by atoms with Gasteiger partial charge in [0.15, 0.2) is 10.5 Å². The number of hydrogen-bond acceptors (Lipinski definition) is 6. The lowest BCUT2D eigenvalue weighted by molar-refractivity contribution is -0.134. The summed E-state index contributed by atoms with van der Waals surface area (Å²) in [5.74, 6) is 0. The minimum absolute atomic E-state index is 0.181. The Morgan fingerprint density at radius 2 is 1.88 bits per heavy atom. The van der Waals surface area contributed by atoms with E-state index in [9.17, 15) is 13.2 Å². The van der Waals surface area contributed by atoms with E-state index in [1.165, 1.54) is 6.20 Å². The lowest BCUT2D eigenvalue weighted by atomic mass is 10.2. The molecule has 17 heavy (non-hydrogen) atoms. The van der Waals surface area contributed by atoms with Gasteiger partial charge < -0.3 is 4.98 Å². The highest BCUT2D eigenvalue weighted by Crippen LogP contribution is 2.40. The fourth-order valence-corrected chi connectivity index (χ4v) is 2.59. The van der Waals surface area contributed by atoms with Crippen LogP contribution in [-0.4, -0.2) is 24.2 Å². The highest BCUT2D eigenvalue weighted by molar-refractivity contribution is 7.13. The smallest absolute Gasteiger partial charge is 0.343 e. The minimum atomic E-state index is -4.45. The summed E-state index contributed by atoms with van der Waals surface area (Å²) < 4.78 is 45.6. The van der Waals surface area contributed by atoms with Gasteiger partial charge in [-0.2, -0.15) is 13.2 Å². The Labute approximate surface area is 99.6 Å². The molecule has 0 spiro atoms. The molecule has 0 fully saturated rings. The van der Waals surface area contributed by atoms with Crippen molar-refractivity contribution in [1.82, 2.24) is 24.2 Å². The van der Waals surface area contributed by atoms with Gasteiger partial charge in [-0.15, -0.1) is 10.2 Å². The standard InChI is InChI=1S/C7H2F3N5S2/c8-7(9,10)5-3(12-14-17-5)2-1-11-6-4(2)16-15-13-6/h1,11H. The van der Waals surface area contributed by atoms with E-state index in [1.54, 1.807) is 0 Å². The zero-order valence-electron chi connectivity index (χ0n) is 7.82. The number of aromatic amines is 1. The Morgan fingerprint density at radius 3 is 2.65 bits per heavy atom. The number of alkyl halides is 3. The summed E-state index contributed by atoms with van der Waals surface area (Å²) in [4.78, 5) is 1.93. The van der Waals surface area contributed by atoms with E-state index in [4.69, 9.17) is 0 Å².